The highest BCUT2D eigenvalue weighted by Gasteiger charge is 2.26. The minimum atomic E-state index is 0.261. The van der Waals surface area contributed by atoms with Crippen molar-refractivity contribution in [2.75, 3.05) is 26.2 Å². The van der Waals surface area contributed by atoms with Crippen molar-refractivity contribution in [3.05, 3.63) is 52.4 Å². The van der Waals surface area contributed by atoms with Gasteiger partial charge in [0.1, 0.15) is 0 Å². The molecule has 0 saturated carbocycles. The molecule has 1 saturated heterocycles. The lowest BCUT2D eigenvalue weighted by Gasteiger charge is -2.37. The van der Waals surface area contributed by atoms with E-state index in [-0.39, 0.29) is 5.28 Å². The van der Waals surface area contributed by atoms with Gasteiger partial charge in [-0.1, -0.05) is 36.8 Å². The number of rotatable bonds is 2. The standard InChI is InChI=1S/C19H20Cl2N4/c1-12-2-3-13(10-17(12)25-8-6-22-7-9-25)18-15-11-14(20)4-5-16(15)23-19(21)24-18/h2-5,10-12,17,22H,6-9H2,1H3. The zero-order chi connectivity index (χ0) is 17.4. The number of nitrogens with one attached hydrogen (secondary N) is 1. The third-order valence-corrected chi connectivity index (χ3v) is 5.35. The summed E-state index contributed by atoms with van der Waals surface area (Å²) in [6, 6.07) is 5.99. The van der Waals surface area contributed by atoms with E-state index in [2.05, 4.69) is 45.3 Å². The van der Waals surface area contributed by atoms with E-state index < -0.39 is 0 Å². The Morgan fingerprint density at radius 1 is 1.16 bits per heavy atom. The Morgan fingerprint density at radius 2 is 1.96 bits per heavy atom. The molecule has 1 aromatic heterocycles. The van der Waals surface area contributed by atoms with Gasteiger partial charge in [0.25, 0.3) is 0 Å². The third kappa shape index (κ3) is 3.44. The maximum absolute atomic E-state index is 6.20. The summed E-state index contributed by atoms with van der Waals surface area (Å²) in [5.74, 6) is 0.467. The molecular weight excluding hydrogens is 355 g/mol. The number of nitrogens with zero attached hydrogens (tertiary/aromatic N) is 3. The van der Waals surface area contributed by atoms with Crippen molar-refractivity contribution < 1.29 is 0 Å². The van der Waals surface area contributed by atoms with Gasteiger partial charge in [0.05, 0.1) is 11.2 Å². The van der Waals surface area contributed by atoms with Crippen molar-refractivity contribution in [2.24, 2.45) is 5.92 Å². The van der Waals surface area contributed by atoms with Crippen molar-refractivity contribution in [1.82, 2.24) is 20.2 Å². The van der Waals surface area contributed by atoms with Gasteiger partial charge in [-0.15, -0.1) is 0 Å². The molecule has 0 amide bonds. The van der Waals surface area contributed by atoms with E-state index in [0.717, 1.165) is 48.3 Å². The molecule has 0 spiro atoms. The number of allylic oxidation sites excluding steroid dienone is 2. The number of aromatic nitrogens is 2. The molecule has 1 fully saturated rings. The van der Waals surface area contributed by atoms with Gasteiger partial charge in [-0.05, 0) is 41.3 Å². The molecule has 2 aliphatic rings. The summed E-state index contributed by atoms with van der Waals surface area (Å²) in [6.45, 7) is 6.45. The second-order valence-corrected chi connectivity index (χ2v) is 7.39. The van der Waals surface area contributed by atoms with E-state index in [4.69, 9.17) is 23.2 Å². The summed E-state index contributed by atoms with van der Waals surface area (Å²) in [5.41, 5.74) is 2.74. The normalized spacial score (nSPS) is 24.5. The summed E-state index contributed by atoms with van der Waals surface area (Å²) in [5, 5.41) is 5.28. The lowest BCUT2D eigenvalue weighted by molar-refractivity contribution is 0.177. The van der Waals surface area contributed by atoms with Crippen LogP contribution in [0, 0.1) is 5.92 Å². The van der Waals surface area contributed by atoms with Gasteiger partial charge in [-0.3, -0.25) is 4.90 Å². The Balaban J connectivity index is 1.79. The first kappa shape index (κ1) is 17.0. The number of fused-ring (bicyclic) bond motifs is 1. The van der Waals surface area contributed by atoms with E-state index in [9.17, 15) is 0 Å². The zero-order valence-electron chi connectivity index (χ0n) is 14.0. The van der Waals surface area contributed by atoms with Gasteiger partial charge in [0, 0.05) is 42.6 Å². The smallest absolute Gasteiger partial charge is 0.223 e. The molecule has 0 bridgehead atoms. The van der Waals surface area contributed by atoms with Crippen LogP contribution in [-0.2, 0) is 0 Å². The quantitative estimate of drug-likeness (QED) is 0.811. The Kier molecular flexibility index (Phi) is 4.78. The SMILES string of the molecule is CC1C=CC(c2nc(Cl)nc3ccc(Cl)cc23)=CC1N1CCNCC1. The molecule has 2 atom stereocenters. The number of halogens is 2. The molecule has 25 heavy (non-hydrogen) atoms. The van der Waals surface area contributed by atoms with Crippen LogP contribution in [-0.4, -0.2) is 47.1 Å². The number of hydrogen-bond acceptors (Lipinski definition) is 4. The van der Waals surface area contributed by atoms with Crippen molar-refractivity contribution in [2.45, 2.75) is 13.0 Å². The highest BCUT2D eigenvalue weighted by atomic mass is 35.5. The van der Waals surface area contributed by atoms with Crippen LogP contribution < -0.4 is 5.32 Å². The molecule has 0 radical (unpaired) electrons. The van der Waals surface area contributed by atoms with Gasteiger partial charge < -0.3 is 5.32 Å². The van der Waals surface area contributed by atoms with E-state index in [0.29, 0.717) is 17.0 Å². The van der Waals surface area contributed by atoms with Crippen LogP contribution in [0.2, 0.25) is 10.3 Å². The maximum Gasteiger partial charge on any atom is 0.223 e. The van der Waals surface area contributed by atoms with Gasteiger partial charge in [-0.2, -0.15) is 0 Å². The lowest BCUT2D eigenvalue weighted by Crippen LogP contribution is -2.50. The van der Waals surface area contributed by atoms with Crippen LogP contribution in [0.25, 0.3) is 16.5 Å². The van der Waals surface area contributed by atoms with Crippen molar-refractivity contribution in [1.29, 1.82) is 0 Å². The van der Waals surface area contributed by atoms with Crippen LogP contribution in [0.1, 0.15) is 12.6 Å². The van der Waals surface area contributed by atoms with E-state index in [1.807, 2.05) is 18.2 Å². The molecular formula is C19H20Cl2N4. The average molecular weight is 375 g/mol. The van der Waals surface area contributed by atoms with Crippen LogP contribution in [0.4, 0.5) is 0 Å². The summed E-state index contributed by atoms with van der Waals surface area (Å²) in [6.07, 6.45) is 6.71. The van der Waals surface area contributed by atoms with Crippen LogP contribution >= 0.6 is 23.2 Å². The fourth-order valence-electron chi connectivity index (χ4n) is 3.63. The first-order valence-corrected chi connectivity index (χ1v) is 9.35. The van der Waals surface area contributed by atoms with Crippen LogP contribution in [0.3, 0.4) is 0 Å². The number of piperazine rings is 1. The van der Waals surface area contributed by atoms with Crippen molar-refractivity contribution in [3.8, 4) is 0 Å². The first-order valence-electron chi connectivity index (χ1n) is 8.60. The summed E-state index contributed by atoms with van der Waals surface area (Å²) in [7, 11) is 0. The second kappa shape index (κ2) is 7.04. The molecule has 130 valence electrons. The predicted molar refractivity (Wildman–Crippen MR) is 104 cm³/mol. The van der Waals surface area contributed by atoms with Crippen molar-refractivity contribution in [3.63, 3.8) is 0 Å². The molecule has 2 unspecified atom stereocenters. The Labute approximate surface area is 157 Å². The van der Waals surface area contributed by atoms with Crippen LogP contribution in [0.15, 0.2) is 36.4 Å². The van der Waals surface area contributed by atoms with Gasteiger partial charge in [0.15, 0.2) is 0 Å². The fraction of sp³-hybridized carbons (Fsp3) is 0.368. The highest BCUT2D eigenvalue weighted by Crippen LogP contribution is 2.32. The average Bonchev–Trinajstić information content (AvgIpc) is 2.63. The zero-order valence-corrected chi connectivity index (χ0v) is 15.6. The number of benzene rings is 1. The van der Waals surface area contributed by atoms with Gasteiger partial charge >= 0.3 is 0 Å². The Hall–Kier alpha value is -1.46. The third-order valence-electron chi connectivity index (χ3n) is 4.95. The van der Waals surface area contributed by atoms with Gasteiger partial charge in [-0.25, -0.2) is 9.97 Å². The molecule has 1 aromatic carbocycles. The molecule has 1 aliphatic carbocycles. The predicted octanol–water partition coefficient (Wildman–Crippen LogP) is 3.80. The molecule has 2 heterocycles. The summed E-state index contributed by atoms with van der Waals surface area (Å²) < 4.78 is 0. The van der Waals surface area contributed by atoms with E-state index >= 15 is 0 Å². The first-order chi connectivity index (χ1) is 12.1. The summed E-state index contributed by atoms with van der Waals surface area (Å²) in [4.78, 5) is 11.4. The highest BCUT2D eigenvalue weighted by molar-refractivity contribution is 6.31. The Morgan fingerprint density at radius 3 is 2.76 bits per heavy atom. The fourth-order valence-corrected chi connectivity index (χ4v) is 3.98. The molecule has 2 aromatic rings. The molecule has 4 nitrogen and oxygen atoms in total. The van der Waals surface area contributed by atoms with E-state index in [1.54, 1.807) is 0 Å². The van der Waals surface area contributed by atoms with Gasteiger partial charge in [0.2, 0.25) is 5.28 Å². The second-order valence-electron chi connectivity index (χ2n) is 6.62. The molecule has 6 heteroatoms. The maximum atomic E-state index is 6.20. The van der Waals surface area contributed by atoms with Crippen molar-refractivity contribution >= 4 is 39.7 Å². The van der Waals surface area contributed by atoms with Crippen LogP contribution in [0.5, 0.6) is 0 Å². The topological polar surface area (TPSA) is 41.1 Å². The molecule has 4 rings (SSSR count). The lowest BCUT2D eigenvalue weighted by atomic mass is 9.89. The molecule has 1 N–H and O–H groups in total. The Bertz CT molecular complexity index is 856. The largest absolute Gasteiger partial charge is 0.314 e. The summed E-state index contributed by atoms with van der Waals surface area (Å²) >= 11 is 12.4. The monoisotopic (exact) mass is 374 g/mol. The minimum Gasteiger partial charge on any atom is -0.314 e. The molecule has 1 aliphatic heterocycles. The number of hydrogen-bond donors (Lipinski definition) is 1. The van der Waals surface area contributed by atoms with E-state index in [1.165, 1.54) is 0 Å². The minimum absolute atomic E-state index is 0.261.